The van der Waals surface area contributed by atoms with Crippen molar-refractivity contribution in [3.63, 3.8) is 0 Å². The number of ether oxygens (including phenoxy) is 1. The third-order valence-corrected chi connectivity index (χ3v) is 4.74. The summed E-state index contributed by atoms with van der Waals surface area (Å²) < 4.78 is 7.26. The van der Waals surface area contributed by atoms with E-state index in [4.69, 9.17) is 4.74 Å². The van der Waals surface area contributed by atoms with Crippen molar-refractivity contribution in [3.05, 3.63) is 58.4 Å². The van der Waals surface area contributed by atoms with Gasteiger partial charge in [0.2, 0.25) is 0 Å². The molecule has 1 N–H and O–H groups in total. The molecule has 0 fully saturated rings. The average Bonchev–Trinajstić information content (AvgIpc) is 2.97. The lowest BCUT2D eigenvalue weighted by Crippen LogP contribution is -2.37. The highest BCUT2D eigenvalue weighted by atomic mass is 16.5. The normalized spacial score (nSPS) is 12.4. The number of aromatic nitrogens is 1. The van der Waals surface area contributed by atoms with E-state index < -0.39 is 12.1 Å². The Bertz CT molecular complexity index is 992. The molecule has 0 aliphatic heterocycles. The lowest BCUT2D eigenvalue weighted by Gasteiger charge is -2.14. The number of aryl methyl sites for hydroxylation is 2. The molecule has 0 saturated carbocycles. The van der Waals surface area contributed by atoms with Crippen LogP contribution < -0.4 is 5.32 Å². The topological polar surface area (TPSA) is 84.1 Å². The minimum absolute atomic E-state index is 0.150. The van der Waals surface area contributed by atoms with Crippen molar-refractivity contribution in [3.8, 4) is 11.8 Å². The summed E-state index contributed by atoms with van der Waals surface area (Å²) in [5.41, 5.74) is 4.66. The van der Waals surface area contributed by atoms with Gasteiger partial charge in [-0.25, -0.2) is 4.79 Å². The number of carbonyl (C=O) groups is 2. The zero-order chi connectivity index (χ0) is 22.4. The van der Waals surface area contributed by atoms with E-state index in [0.29, 0.717) is 6.54 Å². The summed E-state index contributed by atoms with van der Waals surface area (Å²) in [7, 11) is 0. The van der Waals surface area contributed by atoms with Crippen molar-refractivity contribution >= 4 is 18.0 Å². The van der Waals surface area contributed by atoms with Crippen molar-refractivity contribution in [2.24, 2.45) is 5.92 Å². The molecular formula is C24H29N3O3. The van der Waals surface area contributed by atoms with Gasteiger partial charge in [0, 0.05) is 23.6 Å². The van der Waals surface area contributed by atoms with Gasteiger partial charge in [-0.1, -0.05) is 31.5 Å². The molecule has 0 saturated heterocycles. The van der Waals surface area contributed by atoms with Crippen molar-refractivity contribution in [2.45, 2.75) is 47.6 Å². The quantitative estimate of drug-likeness (QED) is 0.427. The molecule has 1 heterocycles. The van der Waals surface area contributed by atoms with Crippen LogP contribution in [0.15, 0.2) is 35.9 Å². The Labute approximate surface area is 178 Å². The minimum atomic E-state index is -0.979. The predicted octanol–water partition coefficient (Wildman–Crippen LogP) is 4.01. The Hall–Kier alpha value is -3.33. The zero-order valence-corrected chi connectivity index (χ0v) is 18.4. The third kappa shape index (κ3) is 5.60. The Kier molecular flexibility index (Phi) is 7.60. The van der Waals surface area contributed by atoms with Gasteiger partial charge in [-0.2, -0.15) is 5.26 Å². The van der Waals surface area contributed by atoms with Crippen LogP contribution in [0, 0.1) is 38.0 Å². The van der Waals surface area contributed by atoms with E-state index in [1.165, 1.54) is 18.6 Å². The molecule has 0 bridgehead atoms. The zero-order valence-electron chi connectivity index (χ0n) is 18.4. The van der Waals surface area contributed by atoms with Crippen molar-refractivity contribution in [1.29, 1.82) is 5.26 Å². The fourth-order valence-corrected chi connectivity index (χ4v) is 3.04. The summed E-state index contributed by atoms with van der Waals surface area (Å²) in [6.07, 6.45) is 0.529. The van der Waals surface area contributed by atoms with Crippen LogP contribution in [0.2, 0.25) is 0 Å². The maximum absolute atomic E-state index is 12.4. The predicted molar refractivity (Wildman–Crippen MR) is 117 cm³/mol. The maximum atomic E-state index is 12.4. The molecular weight excluding hydrogens is 378 g/mol. The summed E-state index contributed by atoms with van der Waals surface area (Å²) in [5, 5.41) is 12.2. The first kappa shape index (κ1) is 23.0. The van der Waals surface area contributed by atoms with Gasteiger partial charge in [0.05, 0.1) is 0 Å². The second-order valence-electron chi connectivity index (χ2n) is 7.85. The lowest BCUT2D eigenvalue weighted by molar-refractivity contribution is -0.150. The molecule has 6 nitrogen and oxygen atoms in total. The molecule has 2 aromatic rings. The highest BCUT2D eigenvalue weighted by molar-refractivity contribution is 5.99. The number of carbonyl (C=O) groups excluding carboxylic acids is 2. The molecule has 1 aromatic carbocycles. The molecule has 0 radical (unpaired) electrons. The molecule has 2 rings (SSSR count). The van der Waals surface area contributed by atoms with Gasteiger partial charge in [0.25, 0.3) is 5.91 Å². The maximum Gasteiger partial charge on any atom is 0.349 e. The highest BCUT2D eigenvalue weighted by Crippen LogP contribution is 2.23. The molecule has 1 atom stereocenters. The van der Waals surface area contributed by atoms with Gasteiger partial charge >= 0.3 is 5.97 Å². The van der Waals surface area contributed by atoms with Crippen LogP contribution in [-0.4, -0.2) is 29.1 Å². The smallest absolute Gasteiger partial charge is 0.349 e. The standard InChI is InChI=1S/C24H29N3O3/c1-15(2)14-26-23(28)19(6)30-24(29)21(13-25)12-20-11-17(4)27(18(20)5)22-9-7-16(3)8-10-22/h7-12,15,19H,14H2,1-6H3,(H,26,28)/b21-12+/t19-/m0/s1. The van der Waals surface area contributed by atoms with Gasteiger partial charge < -0.3 is 14.6 Å². The number of esters is 1. The monoisotopic (exact) mass is 407 g/mol. The van der Waals surface area contributed by atoms with Crippen LogP contribution in [0.3, 0.4) is 0 Å². The van der Waals surface area contributed by atoms with E-state index in [-0.39, 0.29) is 17.4 Å². The Balaban J connectivity index is 2.23. The van der Waals surface area contributed by atoms with E-state index in [1.807, 2.05) is 71.0 Å². The van der Waals surface area contributed by atoms with Gasteiger partial charge in [0.1, 0.15) is 11.6 Å². The van der Waals surface area contributed by atoms with Crippen molar-refractivity contribution in [1.82, 2.24) is 9.88 Å². The first-order valence-electron chi connectivity index (χ1n) is 10.0. The van der Waals surface area contributed by atoms with Crippen LogP contribution in [0.25, 0.3) is 11.8 Å². The molecule has 0 aliphatic carbocycles. The van der Waals surface area contributed by atoms with Gasteiger partial charge in [0.15, 0.2) is 6.10 Å². The molecule has 1 aromatic heterocycles. The van der Waals surface area contributed by atoms with Crippen molar-refractivity contribution in [2.75, 3.05) is 6.54 Å². The molecule has 1 amide bonds. The van der Waals surface area contributed by atoms with Gasteiger partial charge in [-0.05, 0) is 63.5 Å². The van der Waals surface area contributed by atoms with Crippen LogP contribution >= 0.6 is 0 Å². The molecule has 6 heteroatoms. The third-order valence-electron chi connectivity index (χ3n) is 4.74. The fraction of sp³-hybridized carbons (Fsp3) is 0.375. The number of amides is 1. The number of hydrogen-bond donors (Lipinski definition) is 1. The van der Waals surface area contributed by atoms with Gasteiger partial charge in [-0.3, -0.25) is 4.79 Å². The number of benzene rings is 1. The van der Waals surface area contributed by atoms with E-state index >= 15 is 0 Å². The number of rotatable bonds is 7. The summed E-state index contributed by atoms with van der Waals surface area (Å²) in [4.78, 5) is 24.5. The minimum Gasteiger partial charge on any atom is -0.448 e. The first-order valence-corrected chi connectivity index (χ1v) is 10.0. The number of nitrogens with zero attached hydrogens (tertiary/aromatic N) is 2. The number of nitrogens with one attached hydrogen (secondary N) is 1. The fourth-order valence-electron chi connectivity index (χ4n) is 3.04. The van der Waals surface area contributed by atoms with Gasteiger partial charge in [-0.15, -0.1) is 0 Å². The summed E-state index contributed by atoms with van der Waals surface area (Å²) in [6, 6.07) is 11.9. The molecule has 0 aliphatic rings. The Morgan fingerprint density at radius 3 is 2.37 bits per heavy atom. The summed E-state index contributed by atoms with van der Waals surface area (Å²) in [6.45, 7) is 11.9. The van der Waals surface area contributed by atoms with E-state index in [1.54, 1.807) is 0 Å². The Morgan fingerprint density at radius 2 is 1.80 bits per heavy atom. The van der Waals surface area contributed by atoms with Crippen LogP contribution in [-0.2, 0) is 14.3 Å². The van der Waals surface area contributed by atoms with Crippen LogP contribution in [0.1, 0.15) is 43.3 Å². The lowest BCUT2D eigenvalue weighted by atomic mass is 10.1. The summed E-state index contributed by atoms with van der Waals surface area (Å²) in [5.74, 6) is -0.910. The van der Waals surface area contributed by atoms with Crippen LogP contribution in [0.4, 0.5) is 0 Å². The largest absolute Gasteiger partial charge is 0.448 e. The van der Waals surface area contributed by atoms with E-state index in [9.17, 15) is 14.9 Å². The molecule has 30 heavy (non-hydrogen) atoms. The molecule has 0 unspecified atom stereocenters. The van der Waals surface area contributed by atoms with E-state index in [0.717, 1.165) is 22.6 Å². The van der Waals surface area contributed by atoms with Crippen molar-refractivity contribution < 1.29 is 14.3 Å². The molecule has 158 valence electrons. The highest BCUT2D eigenvalue weighted by Gasteiger charge is 2.21. The second kappa shape index (κ2) is 9.93. The van der Waals surface area contributed by atoms with Crippen LogP contribution in [0.5, 0.6) is 0 Å². The Morgan fingerprint density at radius 1 is 1.17 bits per heavy atom. The SMILES string of the molecule is Cc1ccc(-n2c(C)cc(/C=C(\C#N)C(=O)O[C@@H](C)C(=O)NCC(C)C)c2C)cc1. The number of nitriles is 1. The number of hydrogen-bond acceptors (Lipinski definition) is 4. The average molecular weight is 408 g/mol. The first-order chi connectivity index (χ1) is 14.1. The molecule has 0 spiro atoms. The summed E-state index contributed by atoms with van der Waals surface area (Å²) >= 11 is 0. The van der Waals surface area contributed by atoms with E-state index in [2.05, 4.69) is 9.88 Å². The second-order valence-corrected chi connectivity index (χ2v) is 7.85.